The average Bonchev–Trinajstić information content (AvgIpc) is 2.54. The second-order valence-corrected chi connectivity index (χ2v) is 5.88. The SMILES string of the molecule is CC(C)CC(ON)C(=O)Nc1ccc(N2CCNCC2)cn1. The zero-order chi connectivity index (χ0) is 15.9. The molecule has 1 atom stereocenters. The lowest BCUT2D eigenvalue weighted by molar-refractivity contribution is -0.128. The van der Waals surface area contributed by atoms with Gasteiger partial charge in [-0.2, -0.15) is 0 Å². The van der Waals surface area contributed by atoms with Crippen LogP contribution < -0.4 is 21.4 Å². The number of carbonyl (C=O) groups is 1. The van der Waals surface area contributed by atoms with Gasteiger partial charge in [0.1, 0.15) is 5.82 Å². The number of amides is 1. The standard InChI is InChI=1S/C15H25N5O2/c1-11(2)9-13(22-16)15(21)19-14-4-3-12(10-18-14)20-7-5-17-6-8-20/h3-4,10-11,13,17H,5-9,16H2,1-2H3,(H,18,19,21). The van der Waals surface area contributed by atoms with Crippen LogP contribution in [0, 0.1) is 5.92 Å². The van der Waals surface area contributed by atoms with Gasteiger partial charge in [-0.1, -0.05) is 13.8 Å². The van der Waals surface area contributed by atoms with Crippen LogP contribution in [0.15, 0.2) is 18.3 Å². The molecule has 1 fully saturated rings. The van der Waals surface area contributed by atoms with Gasteiger partial charge < -0.3 is 15.5 Å². The highest BCUT2D eigenvalue weighted by atomic mass is 16.6. The van der Waals surface area contributed by atoms with Gasteiger partial charge in [0.25, 0.3) is 5.91 Å². The molecule has 2 heterocycles. The van der Waals surface area contributed by atoms with Crippen molar-refractivity contribution in [3.8, 4) is 0 Å². The van der Waals surface area contributed by atoms with Crippen molar-refractivity contribution in [1.82, 2.24) is 10.3 Å². The predicted molar refractivity (Wildman–Crippen MR) is 86.5 cm³/mol. The van der Waals surface area contributed by atoms with Crippen LogP contribution in [0.3, 0.4) is 0 Å². The lowest BCUT2D eigenvalue weighted by Crippen LogP contribution is -2.43. The maximum Gasteiger partial charge on any atom is 0.256 e. The minimum absolute atomic E-state index is 0.265. The summed E-state index contributed by atoms with van der Waals surface area (Å²) in [6.45, 7) is 7.90. The lowest BCUT2D eigenvalue weighted by atomic mass is 10.1. The third-order valence-corrected chi connectivity index (χ3v) is 3.62. The van der Waals surface area contributed by atoms with E-state index in [4.69, 9.17) is 10.7 Å². The first-order valence-electron chi connectivity index (χ1n) is 7.68. The van der Waals surface area contributed by atoms with Crippen molar-refractivity contribution < 1.29 is 9.63 Å². The molecule has 0 aromatic carbocycles. The molecule has 1 aromatic heterocycles. The second-order valence-electron chi connectivity index (χ2n) is 5.88. The summed E-state index contributed by atoms with van der Waals surface area (Å²) in [7, 11) is 0. The molecule has 122 valence electrons. The molecule has 7 heteroatoms. The highest BCUT2D eigenvalue weighted by Gasteiger charge is 2.20. The fourth-order valence-corrected chi connectivity index (χ4v) is 2.43. The molecule has 1 aliphatic rings. The molecular weight excluding hydrogens is 282 g/mol. The summed E-state index contributed by atoms with van der Waals surface area (Å²) in [6.07, 6.45) is 1.69. The van der Waals surface area contributed by atoms with E-state index in [9.17, 15) is 4.79 Å². The van der Waals surface area contributed by atoms with E-state index in [-0.39, 0.29) is 5.91 Å². The van der Waals surface area contributed by atoms with Gasteiger partial charge in [0.15, 0.2) is 6.10 Å². The minimum Gasteiger partial charge on any atom is -0.368 e. The van der Waals surface area contributed by atoms with Crippen LogP contribution in [0.4, 0.5) is 11.5 Å². The van der Waals surface area contributed by atoms with Crippen LogP contribution in [-0.2, 0) is 9.63 Å². The molecule has 4 N–H and O–H groups in total. The fourth-order valence-electron chi connectivity index (χ4n) is 2.43. The highest BCUT2D eigenvalue weighted by Crippen LogP contribution is 2.16. The summed E-state index contributed by atoms with van der Waals surface area (Å²) in [5.74, 6) is 5.77. The van der Waals surface area contributed by atoms with Gasteiger partial charge in [-0.15, -0.1) is 0 Å². The molecule has 0 saturated carbocycles. The van der Waals surface area contributed by atoms with Gasteiger partial charge in [0.2, 0.25) is 0 Å². The number of anilines is 2. The van der Waals surface area contributed by atoms with Crippen molar-refractivity contribution in [2.24, 2.45) is 11.8 Å². The molecular formula is C15H25N5O2. The first-order valence-corrected chi connectivity index (χ1v) is 7.68. The number of piperazine rings is 1. The highest BCUT2D eigenvalue weighted by molar-refractivity contribution is 5.93. The van der Waals surface area contributed by atoms with Crippen molar-refractivity contribution in [1.29, 1.82) is 0 Å². The van der Waals surface area contributed by atoms with E-state index in [1.165, 1.54) is 0 Å². The number of hydrogen-bond donors (Lipinski definition) is 3. The zero-order valence-corrected chi connectivity index (χ0v) is 13.2. The minimum atomic E-state index is -0.658. The Morgan fingerprint density at radius 1 is 1.45 bits per heavy atom. The molecule has 1 unspecified atom stereocenters. The molecule has 1 amide bonds. The maximum atomic E-state index is 12.1. The molecule has 1 aliphatic heterocycles. The fraction of sp³-hybridized carbons (Fsp3) is 0.600. The van der Waals surface area contributed by atoms with E-state index >= 15 is 0 Å². The van der Waals surface area contributed by atoms with Crippen molar-refractivity contribution >= 4 is 17.4 Å². The largest absolute Gasteiger partial charge is 0.368 e. The number of nitrogens with one attached hydrogen (secondary N) is 2. The quantitative estimate of drug-likeness (QED) is 0.671. The van der Waals surface area contributed by atoms with E-state index in [0.29, 0.717) is 18.2 Å². The average molecular weight is 307 g/mol. The van der Waals surface area contributed by atoms with Gasteiger partial charge in [-0.3, -0.25) is 9.63 Å². The Kier molecular flexibility index (Phi) is 6.11. The molecule has 2 rings (SSSR count). The van der Waals surface area contributed by atoms with E-state index in [1.54, 1.807) is 12.3 Å². The topological polar surface area (TPSA) is 92.5 Å². The third kappa shape index (κ3) is 4.66. The first kappa shape index (κ1) is 16.7. The van der Waals surface area contributed by atoms with Crippen molar-refractivity contribution in [2.75, 3.05) is 36.4 Å². The van der Waals surface area contributed by atoms with E-state index < -0.39 is 6.10 Å². The number of carbonyl (C=O) groups excluding carboxylic acids is 1. The Balaban J connectivity index is 1.93. The zero-order valence-electron chi connectivity index (χ0n) is 13.2. The summed E-state index contributed by atoms with van der Waals surface area (Å²) < 4.78 is 0. The van der Waals surface area contributed by atoms with Crippen LogP contribution in [0.2, 0.25) is 0 Å². The number of hydrogen-bond acceptors (Lipinski definition) is 6. The Morgan fingerprint density at radius 2 is 2.18 bits per heavy atom. The van der Waals surface area contributed by atoms with Crippen LogP contribution in [-0.4, -0.2) is 43.2 Å². The Hall–Kier alpha value is -1.70. The first-order chi connectivity index (χ1) is 10.6. The van der Waals surface area contributed by atoms with Gasteiger partial charge in [0.05, 0.1) is 11.9 Å². The summed E-state index contributed by atoms with van der Waals surface area (Å²) >= 11 is 0. The molecule has 22 heavy (non-hydrogen) atoms. The summed E-state index contributed by atoms with van der Waals surface area (Å²) in [5.41, 5.74) is 1.06. The van der Waals surface area contributed by atoms with E-state index in [0.717, 1.165) is 31.9 Å². The number of aromatic nitrogens is 1. The van der Waals surface area contributed by atoms with Gasteiger partial charge in [-0.05, 0) is 24.5 Å². The summed E-state index contributed by atoms with van der Waals surface area (Å²) in [6, 6.07) is 3.77. The second kappa shape index (κ2) is 8.07. The molecule has 0 radical (unpaired) electrons. The molecule has 0 spiro atoms. The van der Waals surface area contributed by atoms with E-state index in [1.807, 2.05) is 19.9 Å². The smallest absolute Gasteiger partial charge is 0.256 e. The number of pyridine rings is 1. The van der Waals surface area contributed by atoms with Crippen molar-refractivity contribution in [3.63, 3.8) is 0 Å². The normalized spacial score (nSPS) is 16.6. The van der Waals surface area contributed by atoms with Crippen molar-refractivity contribution in [2.45, 2.75) is 26.4 Å². The molecule has 0 bridgehead atoms. The van der Waals surface area contributed by atoms with Gasteiger partial charge in [0, 0.05) is 26.2 Å². The lowest BCUT2D eigenvalue weighted by Gasteiger charge is -2.29. The van der Waals surface area contributed by atoms with Crippen LogP contribution >= 0.6 is 0 Å². The van der Waals surface area contributed by atoms with Crippen LogP contribution in [0.25, 0.3) is 0 Å². The molecule has 0 aliphatic carbocycles. The Labute approximate surface area is 131 Å². The van der Waals surface area contributed by atoms with Crippen LogP contribution in [0.1, 0.15) is 20.3 Å². The van der Waals surface area contributed by atoms with Gasteiger partial charge in [-0.25, -0.2) is 10.9 Å². The number of nitrogens with two attached hydrogens (primary N) is 1. The Morgan fingerprint density at radius 3 is 2.73 bits per heavy atom. The van der Waals surface area contributed by atoms with E-state index in [2.05, 4.69) is 20.5 Å². The summed E-state index contributed by atoms with van der Waals surface area (Å²) in [4.78, 5) is 23.4. The maximum absolute atomic E-state index is 12.1. The number of rotatable bonds is 6. The molecule has 1 saturated heterocycles. The Bertz CT molecular complexity index is 471. The van der Waals surface area contributed by atoms with Crippen LogP contribution in [0.5, 0.6) is 0 Å². The van der Waals surface area contributed by atoms with Crippen molar-refractivity contribution in [3.05, 3.63) is 18.3 Å². The monoisotopic (exact) mass is 307 g/mol. The third-order valence-electron chi connectivity index (χ3n) is 3.62. The number of nitrogens with zero attached hydrogens (tertiary/aromatic N) is 2. The predicted octanol–water partition coefficient (Wildman–Crippen LogP) is 0.735. The van der Waals surface area contributed by atoms with Gasteiger partial charge >= 0.3 is 0 Å². The molecule has 1 aromatic rings. The summed E-state index contributed by atoms with van der Waals surface area (Å²) in [5, 5.41) is 6.05. The molecule has 7 nitrogen and oxygen atoms in total.